The van der Waals surface area contributed by atoms with Crippen LogP contribution in [0.2, 0.25) is 0 Å². The van der Waals surface area contributed by atoms with Crippen molar-refractivity contribution in [2.75, 3.05) is 7.11 Å². The highest BCUT2D eigenvalue weighted by molar-refractivity contribution is 5.94. The van der Waals surface area contributed by atoms with Gasteiger partial charge in [-0.3, -0.25) is 4.79 Å². The lowest BCUT2D eigenvalue weighted by molar-refractivity contribution is 0.0955. The molecule has 31 heavy (non-hydrogen) atoms. The number of benzene rings is 4. The first kappa shape index (κ1) is 20.2. The van der Waals surface area contributed by atoms with Crippen molar-refractivity contribution in [1.29, 1.82) is 0 Å². The molecule has 0 saturated heterocycles. The molecule has 4 rings (SSSR count). The number of hydrazone groups is 1. The second-order valence-corrected chi connectivity index (χ2v) is 6.90. The van der Waals surface area contributed by atoms with Crippen molar-refractivity contribution in [1.82, 2.24) is 5.43 Å². The van der Waals surface area contributed by atoms with Crippen LogP contribution < -0.4 is 14.9 Å². The molecule has 1 N–H and O–H groups in total. The third kappa shape index (κ3) is 4.90. The van der Waals surface area contributed by atoms with Gasteiger partial charge in [0.1, 0.15) is 6.61 Å². The standard InChI is InChI=1S/C26H22N2O3/c1-30-25-16-19(17-27-28-26(29)21-9-3-2-4-10-21)14-15-24(25)31-18-22-12-7-11-20-8-5-6-13-23(20)22/h2-17H,18H2,1H3,(H,28,29)/b27-17+. The maximum atomic E-state index is 12.1. The lowest BCUT2D eigenvalue weighted by atomic mass is 10.1. The molecular formula is C26H22N2O3. The molecule has 0 atom stereocenters. The number of hydrogen-bond acceptors (Lipinski definition) is 4. The fraction of sp³-hybridized carbons (Fsp3) is 0.0769. The molecule has 1 amide bonds. The van der Waals surface area contributed by atoms with Gasteiger partial charge in [-0.1, -0.05) is 60.7 Å². The van der Waals surface area contributed by atoms with E-state index in [0.717, 1.165) is 11.1 Å². The summed E-state index contributed by atoms with van der Waals surface area (Å²) in [6, 6.07) is 28.9. The Balaban J connectivity index is 1.43. The summed E-state index contributed by atoms with van der Waals surface area (Å²) in [6.07, 6.45) is 1.57. The van der Waals surface area contributed by atoms with E-state index in [1.54, 1.807) is 37.6 Å². The topological polar surface area (TPSA) is 59.9 Å². The minimum atomic E-state index is -0.265. The summed E-state index contributed by atoms with van der Waals surface area (Å²) >= 11 is 0. The Morgan fingerprint density at radius 3 is 2.52 bits per heavy atom. The summed E-state index contributed by atoms with van der Waals surface area (Å²) in [6.45, 7) is 0.429. The summed E-state index contributed by atoms with van der Waals surface area (Å²) < 4.78 is 11.5. The van der Waals surface area contributed by atoms with Crippen molar-refractivity contribution in [3.63, 3.8) is 0 Å². The number of methoxy groups -OCH3 is 1. The Kier molecular flexibility index (Phi) is 6.24. The Morgan fingerprint density at radius 2 is 1.68 bits per heavy atom. The normalized spacial score (nSPS) is 10.9. The monoisotopic (exact) mass is 410 g/mol. The van der Waals surface area contributed by atoms with Crippen LogP contribution in [0.5, 0.6) is 11.5 Å². The van der Waals surface area contributed by atoms with Crippen LogP contribution >= 0.6 is 0 Å². The van der Waals surface area contributed by atoms with Gasteiger partial charge in [-0.2, -0.15) is 5.10 Å². The highest BCUT2D eigenvalue weighted by Crippen LogP contribution is 2.29. The Hall–Kier alpha value is -4.12. The lowest BCUT2D eigenvalue weighted by Gasteiger charge is -2.12. The molecule has 0 radical (unpaired) electrons. The number of fused-ring (bicyclic) bond motifs is 1. The first-order chi connectivity index (χ1) is 15.2. The molecule has 0 fully saturated rings. The number of carbonyl (C=O) groups excluding carboxylic acids is 1. The number of nitrogens with one attached hydrogen (secondary N) is 1. The smallest absolute Gasteiger partial charge is 0.271 e. The van der Waals surface area contributed by atoms with E-state index >= 15 is 0 Å². The molecule has 0 saturated carbocycles. The van der Waals surface area contributed by atoms with Crippen LogP contribution in [0, 0.1) is 0 Å². The van der Waals surface area contributed by atoms with Crippen LogP contribution in [-0.4, -0.2) is 19.2 Å². The van der Waals surface area contributed by atoms with E-state index in [9.17, 15) is 4.79 Å². The second-order valence-electron chi connectivity index (χ2n) is 6.90. The summed E-state index contributed by atoms with van der Waals surface area (Å²) in [4.78, 5) is 12.1. The average molecular weight is 410 g/mol. The zero-order valence-electron chi connectivity index (χ0n) is 17.1. The van der Waals surface area contributed by atoms with Crippen LogP contribution in [0.3, 0.4) is 0 Å². The molecule has 4 aromatic rings. The van der Waals surface area contributed by atoms with Crippen molar-refractivity contribution in [3.8, 4) is 11.5 Å². The minimum absolute atomic E-state index is 0.265. The van der Waals surface area contributed by atoms with Gasteiger partial charge in [-0.05, 0) is 52.2 Å². The van der Waals surface area contributed by atoms with Gasteiger partial charge in [0.2, 0.25) is 0 Å². The van der Waals surface area contributed by atoms with Crippen molar-refractivity contribution < 1.29 is 14.3 Å². The summed E-state index contributed by atoms with van der Waals surface area (Å²) in [7, 11) is 1.60. The van der Waals surface area contributed by atoms with E-state index in [2.05, 4.69) is 34.8 Å². The van der Waals surface area contributed by atoms with E-state index in [4.69, 9.17) is 9.47 Å². The largest absolute Gasteiger partial charge is 0.493 e. The lowest BCUT2D eigenvalue weighted by Crippen LogP contribution is -2.17. The van der Waals surface area contributed by atoms with Gasteiger partial charge in [0.05, 0.1) is 13.3 Å². The van der Waals surface area contributed by atoms with Crippen molar-refractivity contribution in [2.45, 2.75) is 6.61 Å². The van der Waals surface area contributed by atoms with Gasteiger partial charge in [0.25, 0.3) is 5.91 Å². The van der Waals surface area contributed by atoms with Gasteiger partial charge in [0, 0.05) is 5.56 Å². The highest BCUT2D eigenvalue weighted by Gasteiger charge is 2.08. The van der Waals surface area contributed by atoms with Gasteiger partial charge in [-0.15, -0.1) is 0 Å². The van der Waals surface area contributed by atoms with E-state index in [0.29, 0.717) is 23.7 Å². The molecule has 5 heteroatoms. The Morgan fingerprint density at radius 1 is 0.903 bits per heavy atom. The fourth-order valence-corrected chi connectivity index (χ4v) is 3.28. The fourth-order valence-electron chi connectivity index (χ4n) is 3.28. The third-order valence-electron chi connectivity index (χ3n) is 4.87. The number of amides is 1. The molecule has 0 unspecified atom stereocenters. The maximum absolute atomic E-state index is 12.1. The third-order valence-corrected chi connectivity index (χ3v) is 4.87. The minimum Gasteiger partial charge on any atom is -0.493 e. The summed E-state index contributed by atoms with van der Waals surface area (Å²) in [5.41, 5.74) is 4.96. The first-order valence-electron chi connectivity index (χ1n) is 9.90. The molecule has 4 aromatic carbocycles. The molecular weight excluding hydrogens is 388 g/mol. The molecule has 154 valence electrons. The van der Waals surface area contributed by atoms with Crippen molar-refractivity contribution in [2.24, 2.45) is 5.10 Å². The molecule has 0 spiro atoms. The number of nitrogens with zero attached hydrogens (tertiary/aromatic N) is 1. The SMILES string of the molecule is COc1cc(/C=N/NC(=O)c2ccccc2)ccc1OCc1cccc2ccccc12. The van der Waals surface area contributed by atoms with Crippen LogP contribution in [0.25, 0.3) is 10.8 Å². The van der Waals surface area contributed by atoms with E-state index in [1.807, 2.05) is 42.5 Å². The number of hydrogen-bond donors (Lipinski definition) is 1. The molecule has 0 heterocycles. The van der Waals surface area contributed by atoms with Crippen LogP contribution in [0.1, 0.15) is 21.5 Å². The summed E-state index contributed by atoms with van der Waals surface area (Å²) in [5.74, 6) is 0.971. The quantitative estimate of drug-likeness (QED) is 0.337. The average Bonchev–Trinajstić information content (AvgIpc) is 2.83. The molecule has 0 aliphatic heterocycles. The van der Waals surface area contributed by atoms with Crippen LogP contribution in [0.15, 0.2) is 96.1 Å². The predicted octanol–water partition coefficient (Wildman–Crippen LogP) is 5.19. The Labute approximate surface area is 180 Å². The zero-order chi connectivity index (χ0) is 21.5. The summed E-state index contributed by atoms with van der Waals surface area (Å²) in [5, 5.41) is 6.38. The van der Waals surface area contributed by atoms with E-state index in [-0.39, 0.29) is 5.91 Å². The van der Waals surface area contributed by atoms with Gasteiger partial charge < -0.3 is 9.47 Å². The second kappa shape index (κ2) is 9.59. The van der Waals surface area contributed by atoms with E-state index in [1.165, 1.54) is 10.8 Å². The number of carbonyl (C=O) groups is 1. The van der Waals surface area contributed by atoms with Crippen molar-refractivity contribution >= 4 is 22.9 Å². The van der Waals surface area contributed by atoms with E-state index < -0.39 is 0 Å². The highest BCUT2D eigenvalue weighted by atomic mass is 16.5. The maximum Gasteiger partial charge on any atom is 0.271 e. The number of rotatable bonds is 7. The molecule has 0 aromatic heterocycles. The molecule has 0 aliphatic carbocycles. The Bertz CT molecular complexity index is 1210. The first-order valence-corrected chi connectivity index (χ1v) is 9.90. The molecule has 0 aliphatic rings. The van der Waals surface area contributed by atoms with Gasteiger partial charge >= 0.3 is 0 Å². The van der Waals surface area contributed by atoms with Crippen LogP contribution in [-0.2, 0) is 6.61 Å². The molecule has 0 bridgehead atoms. The van der Waals surface area contributed by atoms with Crippen LogP contribution in [0.4, 0.5) is 0 Å². The number of ether oxygens (including phenoxy) is 2. The zero-order valence-corrected chi connectivity index (χ0v) is 17.1. The van der Waals surface area contributed by atoms with Crippen molar-refractivity contribution in [3.05, 3.63) is 108 Å². The van der Waals surface area contributed by atoms with Gasteiger partial charge in [0.15, 0.2) is 11.5 Å². The predicted molar refractivity (Wildman–Crippen MR) is 123 cm³/mol. The molecule has 5 nitrogen and oxygen atoms in total. The van der Waals surface area contributed by atoms with Gasteiger partial charge in [-0.25, -0.2) is 5.43 Å².